The first-order valence-electron chi connectivity index (χ1n) is 9.23. The van der Waals surface area contributed by atoms with Crippen LogP contribution in [0.5, 0.6) is 0 Å². The van der Waals surface area contributed by atoms with Crippen molar-refractivity contribution >= 4 is 34.3 Å². The number of hydrogen-bond acceptors (Lipinski definition) is 6. The van der Waals surface area contributed by atoms with Crippen LogP contribution in [0, 0.1) is 13.8 Å². The Labute approximate surface area is 178 Å². The number of amides is 2. The van der Waals surface area contributed by atoms with E-state index in [1.54, 1.807) is 18.2 Å². The Morgan fingerprint density at radius 2 is 1.80 bits per heavy atom. The van der Waals surface area contributed by atoms with Gasteiger partial charge in [0.05, 0.1) is 5.69 Å². The van der Waals surface area contributed by atoms with E-state index in [1.165, 1.54) is 11.3 Å². The number of nitrogens with one attached hydrogen (secondary N) is 2. The first-order valence-corrected chi connectivity index (χ1v) is 10.1. The van der Waals surface area contributed by atoms with Crippen molar-refractivity contribution in [3.63, 3.8) is 0 Å². The highest BCUT2D eigenvalue weighted by atomic mass is 32.1. The van der Waals surface area contributed by atoms with Crippen molar-refractivity contribution in [3.8, 4) is 11.3 Å². The molecule has 0 unspecified atom stereocenters. The number of esters is 1. The molecule has 0 saturated carbocycles. The van der Waals surface area contributed by atoms with Crippen LogP contribution in [0.4, 0.5) is 5.13 Å². The number of benzene rings is 2. The number of ether oxygens (including phenoxy) is 1. The second-order valence-corrected chi connectivity index (χ2v) is 7.52. The average Bonchev–Trinajstić information content (AvgIpc) is 3.19. The fraction of sp³-hybridized carbons (Fsp3) is 0.182. The molecule has 0 aliphatic heterocycles. The van der Waals surface area contributed by atoms with E-state index in [2.05, 4.69) is 15.6 Å². The summed E-state index contributed by atoms with van der Waals surface area (Å²) >= 11 is 1.28. The van der Waals surface area contributed by atoms with E-state index in [0.29, 0.717) is 10.7 Å². The summed E-state index contributed by atoms with van der Waals surface area (Å²) in [6.45, 7) is 3.09. The normalized spacial score (nSPS) is 10.3. The summed E-state index contributed by atoms with van der Waals surface area (Å²) in [5.41, 5.74) is 4.25. The van der Waals surface area contributed by atoms with Crippen molar-refractivity contribution in [1.29, 1.82) is 0 Å². The SMILES string of the molecule is Cc1ccc(-c2csc(NC(=O)COC(=O)CNC(=O)c3cccc(C)c3)n2)cc1. The molecule has 0 saturated heterocycles. The molecule has 8 heteroatoms. The summed E-state index contributed by atoms with van der Waals surface area (Å²) in [5, 5.41) is 7.33. The van der Waals surface area contributed by atoms with Crippen molar-refractivity contribution in [2.75, 3.05) is 18.5 Å². The molecule has 1 heterocycles. The minimum Gasteiger partial charge on any atom is -0.454 e. The Morgan fingerprint density at radius 3 is 2.53 bits per heavy atom. The van der Waals surface area contributed by atoms with E-state index >= 15 is 0 Å². The summed E-state index contributed by atoms with van der Waals surface area (Å²) < 4.78 is 4.90. The predicted octanol–water partition coefficient (Wildman–Crippen LogP) is 3.34. The molecule has 2 N–H and O–H groups in total. The summed E-state index contributed by atoms with van der Waals surface area (Å²) in [6.07, 6.45) is 0. The molecule has 1 aromatic heterocycles. The molecule has 2 aromatic carbocycles. The minimum absolute atomic E-state index is 0.325. The van der Waals surface area contributed by atoms with Gasteiger partial charge in [-0.2, -0.15) is 0 Å². The van der Waals surface area contributed by atoms with Crippen molar-refractivity contribution in [2.45, 2.75) is 13.8 Å². The van der Waals surface area contributed by atoms with Gasteiger partial charge in [0.15, 0.2) is 11.7 Å². The average molecular weight is 423 g/mol. The van der Waals surface area contributed by atoms with Gasteiger partial charge in [0.1, 0.15) is 6.54 Å². The highest BCUT2D eigenvalue weighted by Gasteiger charge is 2.12. The van der Waals surface area contributed by atoms with Gasteiger partial charge >= 0.3 is 5.97 Å². The first kappa shape index (κ1) is 21.2. The Hall–Kier alpha value is -3.52. The molecule has 7 nitrogen and oxygen atoms in total. The number of aromatic nitrogens is 1. The summed E-state index contributed by atoms with van der Waals surface area (Å²) in [5.74, 6) is -1.59. The lowest BCUT2D eigenvalue weighted by molar-refractivity contribution is -0.146. The second-order valence-electron chi connectivity index (χ2n) is 6.66. The Kier molecular flexibility index (Phi) is 6.92. The number of rotatable bonds is 7. The molecule has 3 rings (SSSR count). The summed E-state index contributed by atoms with van der Waals surface area (Å²) in [4.78, 5) is 40.2. The third-order valence-corrected chi connectivity index (χ3v) is 4.89. The van der Waals surface area contributed by atoms with Crippen LogP contribution in [0.25, 0.3) is 11.3 Å². The fourth-order valence-corrected chi connectivity index (χ4v) is 3.32. The number of carbonyl (C=O) groups is 3. The molecule has 154 valence electrons. The lowest BCUT2D eigenvalue weighted by Gasteiger charge is -2.07. The van der Waals surface area contributed by atoms with Gasteiger partial charge in [0, 0.05) is 16.5 Å². The number of carbonyl (C=O) groups excluding carboxylic acids is 3. The van der Waals surface area contributed by atoms with Gasteiger partial charge in [0.25, 0.3) is 11.8 Å². The standard InChI is InChI=1S/C22H21N3O4S/c1-14-6-8-16(9-7-14)18-13-30-22(24-18)25-19(26)12-29-20(27)11-23-21(28)17-5-3-4-15(2)10-17/h3-10,13H,11-12H2,1-2H3,(H,23,28)(H,24,25,26). The molecule has 30 heavy (non-hydrogen) atoms. The van der Waals surface area contributed by atoms with Crippen LogP contribution < -0.4 is 10.6 Å². The van der Waals surface area contributed by atoms with Crippen LogP contribution in [0.15, 0.2) is 53.9 Å². The molecule has 0 aliphatic carbocycles. The molecule has 0 radical (unpaired) electrons. The highest BCUT2D eigenvalue weighted by molar-refractivity contribution is 7.14. The van der Waals surface area contributed by atoms with E-state index in [-0.39, 0.29) is 12.5 Å². The van der Waals surface area contributed by atoms with E-state index in [0.717, 1.165) is 22.4 Å². The molecule has 2 amide bonds. The molecule has 0 bridgehead atoms. The van der Waals surface area contributed by atoms with Gasteiger partial charge in [-0.25, -0.2) is 4.98 Å². The van der Waals surface area contributed by atoms with Crippen LogP contribution in [0.1, 0.15) is 21.5 Å². The van der Waals surface area contributed by atoms with Gasteiger partial charge in [0.2, 0.25) is 0 Å². The molecule has 0 atom stereocenters. The third-order valence-electron chi connectivity index (χ3n) is 4.14. The fourth-order valence-electron chi connectivity index (χ4n) is 2.58. The first-order chi connectivity index (χ1) is 14.4. The largest absolute Gasteiger partial charge is 0.454 e. The zero-order valence-corrected chi connectivity index (χ0v) is 17.4. The van der Waals surface area contributed by atoms with Crippen LogP contribution in [-0.4, -0.2) is 35.9 Å². The van der Waals surface area contributed by atoms with Crippen molar-refractivity contribution in [3.05, 3.63) is 70.6 Å². The van der Waals surface area contributed by atoms with Gasteiger partial charge in [-0.15, -0.1) is 11.3 Å². The van der Waals surface area contributed by atoms with Crippen LogP contribution in [0.3, 0.4) is 0 Å². The lowest BCUT2D eigenvalue weighted by Crippen LogP contribution is -2.32. The Morgan fingerprint density at radius 1 is 1.03 bits per heavy atom. The molecule has 3 aromatic rings. The van der Waals surface area contributed by atoms with E-state index < -0.39 is 18.5 Å². The zero-order valence-electron chi connectivity index (χ0n) is 16.6. The molecule has 0 spiro atoms. The highest BCUT2D eigenvalue weighted by Crippen LogP contribution is 2.25. The topological polar surface area (TPSA) is 97.4 Å². The zero-order chi connectivity index (χ0) is 21.5. The van der Waals surface area contributed by atoms with E-state index in [9.17, 15) is 14.4 Å². The lowest BCUT2D eigenvalue weighted by atomic mass is 10.1. The number of aryl methyl sites for hydroxylation is 2. The molecular formula is C22H21N3O4S. The number of nitrogens with zero attached hydrogens (tertiary/aromatic N) is 1. The predicted molar refractivity (Wildman–Crippen MR) is 115 cm³/mol. The number of hydrogen-bond donors (Lipinski definition) is 2. The summed E-state index contributed by atoms with van der Waals surface area (Å²) in [7, 11) is 0. The van der Waals surface area contributed by atoms with Gasteiger partial charge in [-0.1, -0.05) is 47.5 Å². The molecule has 0 fully saturated rings. The van der Waals surface area contributed by atoms with E-state index in [4.69, 9.17) is 4.74 Å². The van der Waals surface area contributed by atoms with Crippen molar-refractivity contribution in [2.24, 2.45) is 0 Å². The third kappa shape index (κ3) is 5.99. The van der Waals surface area contributed by atoms with Crippen LogP contribution in [-0.2, 0) is 14.3 Å². The van der Waals surface area contributed by atoms with Crippen molar-refractivity contribution < 1.29 is 19.1 Å². The van der Waals surface area contributed by atoms with Crippen molar-refractivity contribution in [1.82, 2.24) is 10.3 Å². The monoisotopic (exact) mass is 423 g/mol. The Balaban J connectivity index is 1.42. The molecular weight excluding hydrogens is 402 g/mol. The number of thiazole rings is 1. The Bertz CT molecular complexity index is 1060. The molecule has 0 aliphatic rings. The smallest absolute Gasteiger partial charge is 0.325 e. The minimum atomic E-state index is -0.703. The van der Waals surface area contributed by atoms with Gasteiger partial charge < -0.3 is 10.1 Å². The van der Waals surface area contributed by atoms with Crippen LogP contribution >= 0.6 is 11.3 Å². The van der Waals surface area contributed by atoms with E-state index in [1.807, 2.05) is 49.6 Å². The maximum absolute atomic E-state index is 12.0. The van der Waals surface area contributed by atoms with Gasteiger partial charge in [-0.05, 0) is 26.0 Å². The van der Waals surface area contributed by atoms with Gasteiger partial charge in [-0.3, -0.25) is 19.7 Å². The maximum atomic E-state index is 12.0. The second kappa shape index (κ2) is 9.80. The number of anilines is 1. The maximum Gasteiger partial charge on any atom is 0.325 e. The van der Waals surface area contributed by atoms with Crippen LogP contribution in [0.2, 0.25) is 0 Å². The quantitative estimate of drug-likeness (QED) is 0.568. The summed E-state index contributed by atoms with van der Waals surface area (Å²) in [6, 6.07) is 14.9.